The molecule has 0 aromatic heterocycles. The topological polar surface area (TPSA) is 78.8 Å². The molecule has 0 aliphatic carbocycles. The van der Waals surface area contributed by atoms with Gasteiger partial charge in [0.1, 0.15) is 11.3 Å². The van der Waals surface area contributed by atoms with E-state index < -0.39 is 18.1 Å². The SMILES string of the molecule is COc1cccc2c1C[C@@](CO)(C(=O)O)NC2. The smallest absolute Gasteiger partial charge is 0.326 e. The molecule has 3 N–H and O–H groups in total. The molecule has 1 aromatic rings. The molecule has 1 aliphatic heterocycles. The normalized spacial score (nSPS) is 22.9. The number of fused-ring (bicyclic) bond motifs is 1. The van der Waals surface area contributed by atoms with Crippen LogP contribution >= 0.6 is 0 Å². The average molecular weight is 237 g/mol. The first-order valence-corrected chi connectivity index (χ1v) is 5.37. The van der Waals surface area contributed by atoms with Gasteiger partial charge in [-0.25, -0.2) is 0 Å². The molecule has 5 heteroatoms. The molecule has 0 saturated heterocycles. The molecule has 1 aliphatic rings. The Morgan fingerprint density at radius 1 is 1.59 bits per heavy atom. The molecular formula is C12H15NO4. The van der Waals surface area contributed by atoms with E-state index in [0.29, 0.717) is 12.3 Å². The van der Waals surface area contributed by atoms with Crippen LogP contribution in [0.5, 0.6) is 5.75 Å². The summed E-state index contributed by atoms with van der Waals surface area (Å²) in [6.45, 7) is -0.0286. The Bertz CT molecular complexity index is 432. The van der Waals surface area contributed by atoms with Crippen molar-refractivity contribution in [3.8, 4) is 5.75 Å². The molecule has 1 atom stereocenters. The van der Waals surface area contributed by atoms with Gasteiger partial charge in [0, 0.05) is 18.5 Å². The van der Waals surface area contributed by atoms with Gasteiger partial charge in [-0.3, -0.25) is 10.1 Å². The molecule has 0 unspecified atom stereocenters. The number of benzene rings is 1. The van der Waals surface area contributed by atoms with Crippen molar-refractivity contribution in [3.05, 3.63) is 29.3 Å². The molecule has 1 aromatic carbocycles. The number of nitrogens with one attached hydrogen (secondary N) is 1. The number of methoxy groups -OCH3 is 1. The summed E-state index contributed by atoms with van der Waals surface area (Å²) in [5.74, 6) is -0.375. The summed E-state index contributed by atoms with van der Waals surface area (Å²) in [5.41, 5.74) is 0.557. The van der Waals surface area contributed by atoms with Crippen LogP contribution in [0.2, 0.25) is 0 Å². The van der Waals surface area contributed by atoms with Crippen molar-refractivity contribution in [1.29, 1.82) is 0 Å². The molecule has 0 spiro atoms. The lowest BCUT2D eigenvalue weighted by molar-refractivity contribution is -0.147. The maximum Gasteiger partial charge on any atom is 0.326 e. The van der Waals surface area contributed by atoms with Crippen LogP contribution in [0.25, 0.3) is 0 Å². The van der Waals surface area contributed by atoms with Crippen LogP contribution in [-0.2, 0) is 17.8 Å². The first-order valence-electron chi connectivity index (χ1n) is 5.37. The molecule has 0 radical (unpaired) electrons. The minimum Gasteiger partial charge on any atom is -0.496 e. The lowest BCUT2D eigenvalue weighted by atomic mass is 9.85. The predicted octanol–water partition coefficient (Wildman–Crippen LogP) is 0.157. The summed E-state index contributed by atoms with van der Waals surface area (Å²) < 4.78 is 5.23. The van der Waals surface area contributed by atoms with Crippen LogP contribution in [0.4, 0.5) is 0 Å². The lowest BCUT2D eigenvalue weighted by Gasteiger charge is -2.34. The number of hydrogen-bond acceptors (Lipinski definition) is 4. The highest BCUT2D eigenvalue weighted by molar-refractivity contribution is 5.80. The zero-order valence-corrected chi connectivity index (χ0v) is 9.56. The van der Waals surface area contributed by atoms with Crippen molar-refractivity contribution in [2.75, 3.05) is 13.7 Å². The Labute approximate surface area is 99.0 Å². The number of hydrogen-bond donors (Lipinski definition) is 3. The number of aliphatic carboxylic acids is 1. The largest absolute Gasteiger partial charge is 0.496 e. The van der Waals surface area contributed by atoms with Crippen LogP contribution in [0.3, 0.4) is 0 Å². The van der Waals surface area contributed by atoms with Crippen LogP contribution < -0.4 is 10.1 Å². The Balaban J connectivity index is 2.43. The molecular weight excluding hydrogens is 222 g/mol. The summed E-state index contributed by atoms with van der Waals surface area (Å²) >= 11 is 0. The molecule has 17 heavy (non-hydrogen) atoms. The van der Waals surface area contributed by atoms with E-state index in [1.807, 2.05) is 12.1 Å². The molecule has 0 amide bonds. The maximum atomic E-state index is 11.3. The molecule has 1 heterocycles. The molecule has 0 fully saturated rings. The van der Waals surface area contributed by atoms with Crippen molar-refractivity contribution in [3.63, 3.8) is 0 Å². The third-order valence-corrected chi connectivity index (χ3v) is 3.23. The van der Waals surface area contributed by atoms with E-state index in [1.54, 1.807) is 13.2 Å². The Morgan fingerprint density at radius 3 is 2.94 bits per heavy atom. The van der Waals surface area contributed by atoms with Crippen molar-refractivity contribution in [1.82, 2.24) is 5.32 Å². The maximum absolute atomic E-state index is 11.3. The highest BCUT2D eigenvalue weighted by Gasteiger charge is 2.41. The zero-order valence-electron chi connectivity index (χ0n) is 9.56. The van der Waals surface area contributed by atoms with Gasteiger partial charge >= 0.3 is 5.97 Å². The molecule has 0 bridgehead atoms. The second-order valence-electron chi connectivity index (χ2n) is 4.17. The highest BCUT2D eigenvalue weighted by atomic mass is 16.5. The van der Waals surface area contributed by atoms with Crippen LogP contribution in [0, 0.1) is 0 Å². The summed E-state index contributed by atoms with van der Waals surface area (Å²) in [7, 11) is 1.55. The number of aliphatic hydroxyl groups excluding tert-OH is 1. The van der Waals surface area contributed by atoms with Crippen molar-refractivity contribution in [2.45, 2.75) is 18.5 Å². The molecule has 0 saturated carbocycles. The van der Waals surface area contributed by atoms with E-state index in [4.69, 9.17) is 4.74 Å². The van der Waals surface area contributed by atoms with Gasteiger partial charge in [-0.05, 0) is 11.6 Å². The number of aliphatic hydroxyl groups is 1. The second-order valence-corrected chi connectivity index (χ2v) is 4.17. The number of ether oxygens (including phenoxy) is 1. The standard InChI is InChI=1S/C12H15NO4/c1-17-10-4-2-3-8-6-13-12(7-14,11(15)16)5-9(8)10/h2-4,13-14H,5-7H2,1H3,(H,15,16)/t12-/m1/s1. The Morgan fingerprint density at radius 2 is 2.35 bits per heavy atom. The highest BCUT2D eigenvalue weighted by Crippen LogP contribution is 2.30. The van der Waals surface area contributed by atoms with Crippen molar-refractivity contribution < 1.29 is 19.7 Å². The number of carbonyl (C=O) groups is 1. The molecule has 92 valence electrons. The van der Waals surface area contributed by atoms with Gasteiger partial charge in [0.2, 0.25) is 0 Å². The van der Waals surface area contributed by atoms with Crippen LogP contribution in [0.1, 0.15) is 11.1 Å². The number of rotatable bonds is 3. The third-order valence-electron chi connectivity index (χ3n) is 3.23. The van der Waals surface area contributed by atoms with Crippen molar-refractivity contribution >= 4 is 5.97 Å². The number of carboxylic acids is 1. The minimum atomic E-state index is -1.30. The van der Waals surface area contributed by atoms with E-state index in [1.165, 1.54) is 0 Å². The minimum absolute atomic E-state index is 0.220. The van der Waals surface area contributed by atoms with Crippen LogP contribution in [0.15, 0.2) is 18.2 Å². The van der Waals surface area contributed by atoms with Crippen LogP contribution in [-0.4, -0.2) is 35.4 Å². The second kappa shape index (κ2) is 4.35. The van der Waals surface area contributed by atoms with Gasteiger partial charge in [0.05, 0.1) is 13.7 Å². The zero-order chi connectivity index (χ0) is 12.5. The van der Waals surface area contributed by atoms with E-state index in [9.17, 15) is 15.0 Å². The summed E-state index contributed by atoms with van der Waals surface area (Å²) in [6.07, 6.45) is 0.220. The first-order chi connectivity index (χ1) is 8.13. The van der Waals surface area contributed by atoms with E-state index >= 15 is 0 Å². The lowest BCUT2D eigenvalue weighted by Crippen LogP contribution is -2.58. The van der Waals surface area contributed by atoms with Gasteiger partial charge in [-0.2, -0.15) is 0 Å². The summed E-state index contributed by atoms with van der Waals surface area (Å²) in [6, 6.07) is 5.59. The molecule has 5 nitrogen and oxygen atoms in total. The molecule has 2 rings (SSSR count). The van der Waals surface area contributed by atoms with E-state index in [-0.39, 0.29) is 6.42 Å². The van der Waals surface area contributed by atoms with Gasteiger partial charge in [-0.1, -0.05) is 12.1 Å². The van der Waals surface area contributed by atoms with Gasteiger partial charge in [0.15, 0.2) is 0 Å². The van der Waals surface area contributed by atoms with E-state index in [0.717, 1.165) is 11.1 Å². The summed E-state index contributed by atoms with van der Waals surface area (Å²) in [5, 5.41) is 21.4. The Kier molecular flexibility index (Phi) is 3.04. The fourth-order valence-corrected chi connectivity index (χ4v) is 2.13. The predicted molar refractivity (Wildman–Crippen MR) is 61.0 cm³/mol. The average Bonchev–Trinajstić information content (AvgIpc) is 2.37. The van der Waals surface area contributed by atoms with Crippen molar-refractivity contribution in [2.24, 2.45) is 0 Å². The van der Waals surface area contributed by atoms with E-state index in [2.05, 4.69) is 5.32 Å². The van der Waals surface area contributed by atoms with Gasteiger partial charge in [-0.15, -0.1) is 0 Å². The Hall–Kier alpha value is -1.59. The quantitative estimate of drug-likeness (QED) is 0.697. The first kappa shape index (κ1) is 11.9. The van der Waals surface area contributed by atoms with Gasteiger partial charge in [0.25, 0.3) is 0 Å². The fraction of sp³-hybridized carbons (Fsp3) is 0.417. The van der Waals surface area contributed by atoms with Gasteiger partial charge < -0.3 is 14.9 Å². The monoisotopic (exact) mass is 237 g/mol. The fourth-order valence-electron chi connectivity index (χ4n) is 2.13. The summed E-state index contributed by atoms with van der Waals surface area (Å²) in [4.78, 5) is 11.3. The third kappa shape index (κ3) is 1.87. The number of carboxylic acid groups (broad SMARTS) is 1.